The van der Waals surface area contributed by atoms with Crippen molar-refractivity contribution in [2.45, 2.75) is 31.9 Å². The molecule has 6 heteroatoms. The Morgan fingerprint density at radius 1 is 1.38 bits per heavy atom. The molecule has 0 amide bonds. The van der Waals surface area contributed by atoms with E-state index in [-0.39, 0.29) is 4.75 Å². The highest BCUT2D eigenvalue weighted by atomic mass is 32.2. The van der Waals surface area contributed by atoms with Crippen molar-refractivity contribution in [2.75, 3.05) is 35.6 Å². The van der Waals surface area contributed by atoms with Crippen LogP contribution in [0.3, 0.4) is 0 Å². The van der Waals surface area contributed by atoms with Crippen LogP contribution in [0, 0.1) is 0 Å². The van der Waals surface area contributed by atoms with E-state index in [0.29, 0.717) is 0 Å². The summed E-state index contributed by atoms with van der Waals surface area (Å²) < 4.78 is 0.280. The number of rotatable bonds is 4. The summed E-state index contributed by atoms with van der Waals surface area (Å²) in [6.45, 7) is 9.79. The van der Waals surface area contributed by atoms with Gasteiger partial charge in [0.1, 0.15) is 10.6 Å². The van der Waals surface area contributed by atoms with Crippen LogP contribution in [0.5, 0.6) is 0 Å². The van der Waals surface area contributed by atoms with Crippen LogP contribution < -0.4 is 10.2 Å². The maximum atomic E-state index is 4.80. The Balaban J connectivity index is 1.97. The van der Waals surface area contributed by atoms with Gasteiger partial charge in [0.15, 0.2) is 0 Å². The molecule has 0 radical (unpaired) electrons. The molecular formula is C15H22N4S2. The van der Waals surface area contributed by atoms with Crippen molar-refractivity contribution in [3.05, 3.63) is 11.4 Å². The molecule has 0 atom stereocenters. The second-order valence-corrected chi connectivity index (χ2v) is 8.66. The Morgan fingerprint density at radius 2 is 2.24 bits per heavy atom. The van der Waals surface area contributed by atoms with E-state index in [2.05, 4.69) is 47.4 Å². The van der Waals surface area contributed by atoms with E-state index in [4.69, 9.17) is 4.98 Å². The molecule has 114 valence electrons. The highest BCUT2D eigenvalue weighted by Gasteiger charge is 2.29. The summed E-state index contributed by atoms with van der Waals surface area (Å²) in [7, 11) is 0. The van der Waals surface area contributed by atoms with Gasteiger partial charge in [0.05, 0.1) is 5.39 Å². The summed E-state index contributed by atoms with van der Waals surface area (Å²) in [5.41, 5.74) is 0. The summed E-state index contributed by atoms with van der Waals surface area (Å²) in [5.74, 6) is 3.01. The van der Waals surface area contributed by atoms with Gasteiger partial charge < -0.3 is 10.2 Å². The third-order valence-electron chi connectivity index (χ3n) is 3.56. The first kappa shape index (κ1) is 14.9. The van der Waals surface area contributed by atoms with Crippen molar-refractivity contribution in [3.63, 3.8) is 0 Å². The second kappa shape index (κ2) is 6.01. The van der Waals surface area contributed by atoms with Gasteiger partial charge in [-0.3, -0.25) is 0 Å². The van der Waals surface area contributed by atoms with Crippen LogP contribution in [0.25, 0.3) is 10.2 Å². The van der Waals surface area contributed by atoms with Crippen molar-refractivity contribution in [2.24, 2.45) is 0 Å². The van der Waals surface area contributed by atoms with Crippen LogP contribution in [0.1, 0.15) is 27.2 Å². The SMILES string of the molecule is CCCNc1nc(N2CCSC(C)(C)C2)c2ccsc2n1. The molecule has 3 heterocycles. The molecule has 21 heavy (non-hydrogen) atoms. The Labute approximate surface area is 134 Å². The maximum absolute atomic E-state index is 4.80. The van der Waals surface area contributed by atoms with E-state index in [9.17, 15) is 0 Å². The quantitative estimate of drug-likeness (QED) is 0.926. The minimum atomic E-state index is 0.280. The van der Waals surface area contributed by atoms with Crippen molar-refractivity contribution in [1.29, 1.82) is 0 Å². The van der Waals surface area contributed by atoms with E-state index in [1.54, 1.807) is 11.3 Å². The Morgan fingerprint density at radius 3 is 3.00 bits per heavy atom. The number of nitrogens with one attached hydrogen (secondary N) is 1. The molecular weight excluding hydrogens is 300 g/mol. The molecule has 0 spiro atoms. The lowest BCUT2D eigenvalue weighted by atomic mass is 10.2. The predicted octanol–water partition coefficient (Wildman–Crippen LogP) is 3.85. The van der Waals surface area contributed by atoms with E-state index in [1.165, 1.54) is 5.39 Å². The molecule has 3 rings (SSSR count). The molecule has 1 saturated heterocycles. The van der Waals surface area contributed by atoms with Crippen molar-refractivity contribution < 1.29 is 0 Å². The van der Waals surface area contributed by atoms with Gasteiger partial charge in [-0.15, -0.1) is 11.3 Å². The third kappa shape index (κ3) is 3.26. The largest absolute Gasteiger partial charge is 0.354 e. The lowest BCUT2D eigenvalue weighted by Gasteiger charge is -2.38. The molecule has 0 saturated carbocycles. The summed E-state index contributed by atoms with van der Waals surface area (Å²) in [6, 6.07) is 2.15. The van der Waals surface area contributed by atoms with Crippen LogP contribution in [0.4, 0.5) is 11.8 Å². The van der Waals surface area contributed by atoms with E-state index in [1.807, 2.05) is 11.8 Å². The molecule has 0 aliphatic carbocycles. The van der Waals surface area contributed by atoms with Gasteiger partial charge in [0.2, 0.25) is 5.95 Å². The Kier molecular flexibility index (Phi) is 4.26. The van der Waals surface area contributed by atoms with Gasteiger partial charge in [-0.25, -0.2) is 4.98 Å². The predicted molar refractivity (Wildman–Crippen MR) is 94.9 cm³/mol. The average Bonchev–Trinajstić information content (AvgIpc) is 2.91. The van der Waals surface area contributed by atoms with Gasteiger partial charge in [-0.05, 0) is 31.7 Å². The zero-order chi connectivity index (χ0) is 14.9. The molecule has 0 bridgehead atoms. The minimum absolute atomic E-state index is 0.280. The zero-order valence-electron chi connectivity index (χ0n) is 12.8. The summed E-state index contributed by atoms with van der Waals surface area (Å²) in [5, 5.41) is 6.62. The smallest absolute Gasteiger partial charge is 0.226 e. The summed E-state index contributed by atoms with van der Waals surface area (Å²) in [4.78, 5) is 12.9. The van der Waals surface area contributed by atoms with Gasteiger partial charge in [0.25, 0.3) is 0 Å². The maximum Gasteiger partial charge on any atom is 0.226 e. The number of fused-ring (bicyclic) bond motifs is 1. The van der Waals surface area contributed by atoms with Crippen LogP contribution in [0.2, 0.25) is 0 Å². The fourth-order valence-electron chi connectivity index (χ4n) is 2.59. The monoisotopic (exact) mass is 322 g/mol. The standard InChI is InChI=1S/C15H22N4S2/c1-4-6-16-14-17-12(11-5-8-20-13(11)18-14)19-7-9-21-15(2,3)10-19/h5,8H,4,6-7,9-10H2,1-3H3,(H,16,17,18). The van der Waals surface area contributed by atoms with E-state index >= 15 is 0 Å². The summed E-state index contributed by atoms with van der Waals surface area (Å²) >= 11 is 3.74. The van der Waals surface area contributed by atoms with Gasteiger partial charge in [-0.2, -0.15) is 16.7 Å². The summed E-state index contributed by atoms with van der Waals surface area (Å²) in [6.07, 6.45) is 1.08. The molecule has 4 nitrogen and oxygen atoms in total. The molecule has 2 aromatic heterocycles. The molecule has 0 unspecified atom stereocenters. The van der Waals surface area contributed by atoms with Crippen molar-refractivity contribution >= 4 is 45.1 Å². The topological polar surface area (TPSA) is 41.1 Å². The number of anilines is 2. The number of hydrogen-bond acceptors (Lipinski definition) is 6. The average molecular weight is 323 g/mol. The minimum Gasteiger partial charge on any atom is -0.354 e. The molecule has 1 aliphatic heterocycles. The molecule has 1 aliphatic rings. The lowest BCUT2D eigenvalue weighted by molar-refractivity contribution is 0.644. The number of thioether (sulfide) groups is 1. The number of aromatic nitrogens is 2. The van der Waals surface area contributed by atoms with Crippen molar-refractivity contribution in [3.8, 4) is 0 Å². The molecule has 2 aromatic rings. The lowest BCUT2D eigenvalue weighted by Crippen LogP contribution is -2.43. The van der Waals surface area contributed by atoms with Gasteiger partial charge >= 0.3 is 0 Å². The highest BCUT2D eigenvalue weighted by Crippen LogP contribution is 2.35. The number of thiophene rings is 1. The number of hydrogen-bond donors (Lipinski definition) is 1. The van der Waals surface area contributed by atoms with Crippen LogP contribution in [0.15, 0.2) is 11.4 Å². The van der Waals surface area contributed by atoms with E-state index < -0.39 is 0 Å². The molecule has 1 fully saturated rings. The first-order valence-electron chi connectivity index (χ1n) is 7.47. The van der Waals surface area contributed by atoms with Crippen LogP contribution in [-0.4, -0.2) is 40.1 Å². The van der Waals surface area contributed by atoms with Gasteiger partial charge in [0, 0.05) is 30.1 Å². The fourth-order valence-corrected chi connectivity index (χ4v) is 4.46. The van der Waals surface area contributed by atoms with Crippen LogP contribution in [-0.2, 0) is 0 Å². The van der Waals surface area contributed by atoms with Gasteiger partial charge in [-0.1, -0.05) is 6.92 Å². The van der Waals surface area contributed by atoms with Crippen LogP contribution >= 0.6 is 23.1 Å². The Bertz CT molecular complexity index is 623. The fraction of sp³-hybridized carbons (Fsp3) is 0.600. The second-order valence-electron chi connectivity index (χ2n) is 5.97. The molecule has 1 N–H and O–H groups in total. The molecule has 0 aromatic carbocycles. The Hall–Kier alpha value is -1.01. The highest BCUT2D eigenvalue weighted by molar-refractivity contribution is 8.00. The third-order valence-corrected chi connectivity index (χ3v) is 5.67. The van der Waals surface area contributed by atoms with Crippen molar-refractivity contribution in [1.82, 2.24) is 9.97 Å². The number of nitrogens with zero attached hydrogens (tertiary/aromatic N) is 3. The van der Waals surface area contributed by atoms with E-state index in [0.717, 1.165) is 48.4 Å². The zero-order valence-corrected chi connectivity index (χ0v) is 14.5. The first-order chi connectivity index (χ1) is 10.1. The first-order valence-corrected chi connectivity index (χ1v) is 9.33. The normalized spacial score (nSPS) is 18.1.